The van der Waals surface area contributed by atoms with Gasteiger partial charge in [0.15, 0.2) is 11.6 Å². The third kappa shape index (κ3) is 2.74. The summed E-state index contributed by atoms with van der Waals surface area (Å²) in [4.78, 5) is 3.93. The lowest BCUT2D eigenvalue weighted by Crippen LogP contribution is -1.99. The van der Waals surface area contributed by atoms with Crippen LogP contribution in [-0.2, 0) is 0 Å². The van der Waals surface area contributed by atoms with E-state index < -0.39 is 5.82 Å². The number of nitrogens with zero attached hydrogens (tertiary/aromatic N) is 1. The first kappa shape index (κ1) is 11.9. The molecule has 2 aromatic rings. The van der Waals surface area contributed by atoms with Crippen LogP contribution in [0.25, 0.3) is 0 Å². The van der Waals surface area contributed by atoms with Gasteiger partial charge in [0.1, 0.15) is 0 Å². The Morgan fingerprint density at radius 2 is 2.00 bits per heavy atom. The molecular formula is C13H12ClFN2. The monoisotopic (exact) mass is 250 g/mol. The Morgan fingerprint density at radius 3 is 2.71 bits per heavy atom. The first-order valence-electron chi connectivity index (χ1n) is 5.21. The van der Waals surface area contributed by atoms with E-state index in [1.807, 2.05) is 32.0 Å². The van der Waals surface area contributed by atoms with E-state index in [-0.39, 0.29) is 10.8 Å². The first-order valence-corrected chi connectivity index (χ1v) is 5.59. The molecule has 0 aliphatic carbocycles. The molecule has 0 unspecified atom stereocenters. The molecule has 0 aliphatic heterocycles. The minimum absolute atomic E-state index is 0.183. The van der Waals surface area contributed by atoms with E-state index in [4.69, 9.17) is 11.6 Å². The topological polar surface area (TPSA) is 24.9 Å². The summed E-state index contributed by atoms with van der Waals surface area (Å²) in [7, 11) is 0. The molecule has 4 heteroatoms. The van der Waals surface area contributed by atoms with Crippen molar-refractivity contribution in [2.45, 2.75) is 13.8 Å². The maximum Gasteiger partial charge on any atom is 0.167 e. The van der Waals surface area contributed by atoms with Crippen molar-refractivity contribution in [3.63, 3.8) is 0 Å². The fraction of sp³-hybridized carbons (Fsp3) is 0.154. The fourth-order valence-corrected chi connectivity index (χ4v) is 1.65. The van der Waals surface area contributed by atoms with Gasteiger partial charge in [-0.2, -0.15) is 0 Å². The summed E-state index contributed by atoms with van der Waals surface area (Å²) in [6.07, 6.45) is 1.41. The lowest BCUT2D eigenvalue weighted by molar-refractivity contribution is 0.626. The highest BCUT2D eigenvalue weighted by Crippen LogP contribution is 2.23. The molecule has 1 N–H and O–H groups in total. The van der Waals surface area contributed by atoms with Crippen LogP contribution in [0, 0.1) is 19.7 Å². The molecule has 0 amide bonds. The van der Waals surface area contributed by atoms with Gasteiger partial charge in [-0.3, -0.25) is 0 Å². The van der Waals surface area contributed by atoms with E-state index in [1.165, 1.54) is 12.3 Å². The lowest BCUT2D eigenvalue weighted by atomic mass is 10.1. The number of aryl methyl sites for hydroxylation is 2. The summed E-state index contributed by atoms with van der Waals surface area (Å²) < 4.78 is 13.6. The van der Waals surface area contributed by atoms with Crippen molar-refractivity contribution in [2.24, 2.45) is 0 Å². The number of nitrogens with one attached hydrogen (secondary N) is 1. The molecule has 2 nitrogen and oxygen atoms in total. The molecule has 0 bridgehead atoms. The van der Waals surface area contributed by atoms with Crippen LogP contribution in [0.5, 0.6) is 0 Å². The van der Waals surface area contributed by atoms with Crippen LogP contribution in [0.15, 0.2) is 30.5 Å². The summed E-state index contributed by atoms with van der Waals surface area (Å²) in [5, 5.41) is 3.25. The second-order valence-electron chi connectivity index (χ2n) is 3.93. The van der Waals surface area contributed by atoms with Gasteiger partial charge in [0, 0.05) is 11.9 Å². The van der Waals surface area contributed by atoms with E-state index >= 15 is 0 Å². The average Bonchev–Trinajstić information content (AvgIpc) is 2.27. The number of rotatable bonds is 2. The van der Waals surface area contributed by atoms with Crippen molar-refractivity contribution in [2.75, 3.05) is 5.32 Å². The first-order chi connectivity index (χ1) is 8.06. The second kappa shape index (κ2) is 4.72. The number of halogens is 2. The zero-order valence-corrected chi connectivity index (χ0v) is 10.3. The predicted molar refractivity (Wildman–Crippen MR) is 68.4 cm³/mol. The Bertz CT molecular complexity index is 555. The van der Waals surface area contributed by atoms with Crippen LogP contribution in [-0.4, -0.2) is 4.98 Å². The van der Waals surface area contributed by atoms with Crippen LogP contribution in [0.4, 0.5) is 15.9 Å². The normalized spacial score (nSPS) is 10.4. The molecule has 0 spiro atoms. The van der Waals surface area contributed by atoms with Crippen molar-refractivity contribution < 1.29 is 4.39 Å². The van der Waals surface area contributed by atoms with Gasteiger partial charge in [-0.15, -0.1) is 0 Å². The van der Waals surface area contributed by atoms with E-state index in [0.717, 1.165) is 16.8 Å². The predicted octanol–water partition coefficient (Wildman–Crippen LogP) is 4.23. The Balaban J connectivity index is 2.34. The van der Waals surface area contributed by atoms with Gasteiger partial charge >= 0.3 is 0 Å². The highest BCUT2D eigenvalue weighted by atomic mass is 35.5. The summed E-state index contributed by atoms with van der Waals surface area (Å²) in [6.45, 7) is 3.94. The second-order valence-corrected chi connectivity index (χ2v) is 4.36. The van der Waals surface area contributed by atoms with E-state index in [9.17, 15) is 4.39 Å². The molecule has 2 rings (SSSR count). The van der Waals surface area contributed by atoms with Gasteiger partial charge in [0.05, 0.1) is 5.02 Å². The van der Waals surface area contributed by atoms with Crippen LogP contribution in [0.1, 0.15) is 11.1 Å². The van der Waals surface area contributed by atoms with Crippen molar-refractivity contribution >= 4 is 23.1 Å². The molecule has 17 heavy (non-hydrogen) atoms. The lowest BCUT2D eigenvalue weighted by Gasteiger charge is -2.10. The highest BCUT2D eigenvalue weighted by molar-refractivity contribution is 6.30. The van der Waals surface area contributed by atoms with Crippen molar-refractivity contribution in [1.29, 1.82) is 0 Å². The van der Waals surface area contributed by atoms with Crippen LogP contribution < -0.4 is 5.32 Å². The number of hydrogen-bond donors (Lipinski definition) is 1. The molecule has 0 atom stereocenters. The smallest absolute Gasteiger partial charge is 0.167 e. The van der Waals surface area contributed by atoms with Gasteiger partial charge in [-0.1, -0.05) is 23.7 Å². The van der Waals surface area contributed by atoms with E-state index in [0.29, 0.717) is 0 Å². The molecule has 0 aliphatic rings. The molecule has 1 aromatic heterocycles. The minimum atomic E-state index is -0.460. The van der Waals surface area contributed by atoms with Crippen molar-refractivity contribution in [3.05, 3.63) is 52.4 Å². The number of benzene rings is 1. The number of hydrogen-bond acceptors (Lipinski definition) is 2. The van der Waals surface area contributed by atoms with Gasteiger partial charge in [0.25, 0.3) is 0 Å². The van der Waals surface area contributed by atoms with Gasteiger partial charge in [-0.25, -0.2) is 9.37 Å². The number of aromatic nitrogens is 1. The summed E-state index contributed by atoms with van der Waals surface area (Å²) in [5.74, 6) is -0.276. The Labute approximate surface area is 104 Å². The van der Waals surface area contributed by atoms with Crippen LogP contribution in [0.2, 0.25) is 5.02 Å². The molecule has 1 heterocycles. The SMILES string of the molecule is Cc1ccc(C)c(Nc2ncc(Cl)cc2F)c1. The van der Waals surface area contributed by atoms with Crippen molar-refractivity contribution in [1.82, 2.24) is 4.98 Å². The summed E-state index contributed by atoms with van der Waals surface area (Å²) in [5.41, 5.74) is 2.98. The summed E-state index contributed by atoms with van der Waals surface area (Å²) >= 11 is 5.65. The Hall–Kier alpha value is -1.61. The zero-order valence-electron chi connectivity index (χ0n) is 9.59. The average molecular weight is 251 g/mol. The largest absolute Gasteiger partial charge is 0.338 e. The standard InChI is InChI=1S/C13H12ClFN2/c1-8-3-4-9(2)12(5-8)17-13-11(15)6-10(14)7-16-13/h3-7H,1-2H3,(H,16,17). The highest BCUT2D eigenvalue weighted by Gasteiger charge is 2.06. The van der Waals surface area contributed by atoms with Gasteiger partial charge < -0.3 is 5.32 Å². The molecule has 0 saturated carbocycles. The third-order valence-electron chi connectivity index (χ3n) is 2.45. The summed E-state index contributed by atoms with van der Waals surface area (Å²) in [6, 6.07) is 7.17. The third-order valence-corrected chi connectivity index (χ3v) is 2.66. The molecule has 1 aromatic carbocycles. The van der Waals surface area contributed by atoms with Gasteiger partial charge in [-0.05, 0) is 37.1 Å². The number of anilines is 2. The molecule has 88 valence electrons. The molecule has 0 radical (unpaired) electrons. The number of pyridine rings is 1. The molecular weight excluding hydrogens is 239 g/mol. The maximum absolute atomic E-state index is 13.6. The molecule has 0 fully saturated rings. The molecule has 0 saturated heterocycles. The van der Waals surface area contributed by atoms with Crippen molar-refractivity contribution in [3.8, 4) is 0 Å². The maximum atomic E-state index is 13.6. The van der Waals surface area contributed by atoms with E-state index in [2.05, 4.69) is 10.3 Å². The Morgan fingerprint density at radius 1 is 1.24 bits per heavy atom. The Kier molecular flexibility index (Phi) is 3.29. The minimum Gasteiger partial charge on any atom is -0.338 e. The van der Waals surface area contributed by atoms with Gasteiger partial charge in [0.2, 0.25) is 0 Å². The van der Waals surface area contributed by atoms with Crippen LogP contribution >= 0.6 is 11.6 Å². The quantitative estimate of drug-likeness (QED) is 0.863. The fourth-order valence-electron chi connectivity index (χ4n) is 1.50. The van der Waals surface area contributed by atoms with E-state index in [1.54, 1.807) is 0 Å². The zero-order chi connectivity index (χ0) is 12.4. The van der Waals surface area contributed by atoms with Crippen LogP contribution in [0.3, 0.4) is 0 Å².